The first-order chi connectivity index (χ1) is 9.05. The van der Waals surface area contributed by atoms with Gasteiger partial charge in [0.1, 0.15) is 0 Å². The third-order valence-electron chi connectivity index (χ3n) is 4.41. The third-order valence-corrected chi connectivity index (χ3v) is 7.34. The fourth-order valence-corrected chi connectivity index (χ4v) is 3.85. The van der Waals surface area contributed by atoms with Crippen molar-refractivity contribution in [3.8, 4) is 0 Å². The third kappa shape index (κ3) is 4.26. The predicted octanol–water partition coefficient (Wildman–Crippen LogP) is 2.96. The van der Waals surface area contributed by atoms with E-state index in [2.05, 4.69) is 20.4 Å². The first-order valence-electron chi connectivity index (χ1n) is 7.35. The molecule has 0 aromatic rings. The molecule has 1 rings (SSSR count). The van der Waals surface area contributed by atoms with Crippen LogP contribution in [0.4, 0.5) is 0 Å². The molecule has 4 nitrogen and oxygen atoms in total. The van der Waals surface area contributed by atoms with Crippen molar-refractivity contribution >= 4 is 8.56 Å². The molecule has 0 amide bonds. The van der Waals surface area contributed by atoms with Crippen molar-refractivity contribution in [2.24, 2.45) is 5.41 Å². The maximum Gasteiger partial charge on any atom is 0.334 e. The Kier molecular flexibility index (Phi) is 6.97. The van der Waals surface area contributed by atoms with Gasteiger partial charge in [-0.25, -0.2) is 0 Å². The van der Waals surface area contributed by atoms with Crippen LogP contribution in [0.1, 0.15) is 33.1 Å². The van der Waals surface area contributed by atoms with E-state index < -0.39 is 8.56 Å². The van der Waals surface area contributed by atoms with Gasteiger partial charge in [-0.2, -0.15) is 0 Å². The van der Waals surface area contributed by atoms with Gasteiger partial charge >= 0.3 is 8.56 Å². The molecule has 5 heteroatoms. The molecule has 0 aromatic carbocycles. The first-order valence-corrected chi connectivity index (χ1v) is 9.88. The van der Waals surface area contributed by atoms with Crippen LogP contribution in [-0.2, 0) is 18.3 Å². The Morgan fingerprint density at radius 3 is 2.21 bits per heavy atom. The summed E-state index contributed by atoms with van der Waals surface area (Å²) in [5.74, 6) is 0. The van der Waals surface area contributed by atoms with Gasteiger partial charge in [-0.05, 0) is 31.9 Å². The van der Waals surface area contributed by atoms with Crippen molar-refractivity contribution in [1.82, 2.24) is 0 Å². The molecule has 0 spiro atoms. The Morgan fingerprint density at radius 2 is 1.84 bits per heavy atom. The van der Waals surface area contributed by atoms with Crippen LogP contribution in [0.3, 0.4) is 0 Å². The lowest BCUT2D eigenvalue weighted by Gasteiger charge is -2.47. The molecule has 0 radical (unpaired) electrons. The maximum absolute atomic E-state index is 6.10. The van der Waals surface area contributed by atoms with Gasteiger partial charge in [-0.15, -0.1) is 0 Å². The van der Waals surface area contributed by atoms with Gasteiger partial charge < -0.3 is 18.3 Å². The van der Waals surface area contributed by atoms with E-state index in [1.165, 1.54) is 0 Å². The van der Waals surface area contributed by atoms with Crippen molar-refractivity contribution in [3.63, 3.8) is 0 Å². The molecule has 1 fully saturated rings. The van der Waals surface area contributed by atoms with Crippen molar-refractivity contribution in [1.29, 1.82) is 0 Å². The number of hydrogen-bond donors (Lipinski definition) is 0. The molecule has 0 N–H and O–H groups in total. The van der Waals surface area contributed by atoms with Gasteiger partial charge in [0, 0.05) is 26.2 Å². The van der Waals surface area contributed by atoms with Gasteiger partial charge in [0.25, 0.3) is 0 Å². The van der Waals surface area contributed by atoms with Crippen LogP contribution >= 0.6 is 0 Å². The largest absolute Gasteiger partial charge is 0.398 e. The standard InChI is InChI=1S/C14H30O4Si/c1-6-9-18-13(14(7-2)11-17-12-14)8-10-19(5,15-3)16-4/h13H,6-12H2,1-5H3. The van der Waals surface area contributed by atoms with Crippen molar-refractivity contribution in [3.05, 3.63) is 0 Å². The molecule has 114 valence electrons. The lowest BCUT2D eigenvalue weighted by molar-refractivity contribution is -0.190. The van der Waals surface area contributed by atoms with Gasteiger partial charge in [0.05, 0.1) is 19.3 Å². The molecule has 0 aliphatic carbocycles. The van der Waals surface area contributed by atoms with Crippen molar-refractivity contribution in [2.75, 3.05) is 34.0 Å². The minimum Gasteiger partial charge on any atom is -0.398 e. The Balaban J connectivity index is 2.59. The van der Waals surface area contributed by atoms with E-state index in [1.807, 2.05) is 0 Å². The smallest absolute Gasteiger partial charge is 0.334 e. The molecule has 0 saturated carbocycles. The van der Waals surface area contributed by atoms with Gasteiger partial charge in [-0.1, -0.05) is 13.8 Å². The zero-order chi connectivity index (χ0) is 14.4. The fourth-order valence-electron chi connectivity index (χ4n) is 2.49. The Hall–Kier alpha value is 0.0569. The van der Waals surface area contributed by atoms with E-state index in [1.54, 1.807) is 14.2 Å². The summed E-state index contributed by atoms with van der Waals surface area (Å²) in [4.78, 5) is 0. The van der Waals surface area contributed by atoms with Crippen LogP contribution in [0.15, 0.2) is 0 Å². The zero-order valence-corrected chi connectivity index (χ0v) is 14.2. The van der Waals surface area contributed by atoms with E-state index in [9.17, 15) is 0 Å². The van der Waals surface area contributed by atoms with Gasteiger partial charge in [0.2, 0.25) is 0 Å². The second kappa shape index (κ2) is 7.74. The van der Waals surface area contributed by atoms with Crippen LogP contribution in [0.2, 0.25) is 12.6 Å². The summed E-state index contributed by atoms with van der Waals surface area (Å²) in [5, 5.41) is 0. The highest BCUT2D eigenvalue weighted by Gasteiger charge is 2.45. The summed E-state index contributed by atoms with van der Waals surface area (Å²) in [6.45, 7) is 8.97. The summed E-state index contributed by atoms with van der Waals surface area (Å²) in [6.07, 6.45) is 3.44. The molecule has 1 unspecified atom stereocenters. The minimum absolute atomic E-state index is 0.214. The number of hydrogen-bond acceptors (Lipinski definition) is 4. The van der Waals surface area contributed by atoms with E-state index in [-0.39, 0.29) is 11.5 Å². The Morgan fingerprint density at radius 1 is 1.21 bits per heavy atom. The molecule has 1 saturated heterocycles. The lowest BCUT2D eigenvalue weighted by Crippen LogP contribution is -2.53. The normalized spacial score (nSPS) is 20.1. The molecule has 0 aromatic heterocycles. The van der Waals surface area contributed by atoms with E-state index in [4.69, 9.17) is 18.3 Å². The molecular weight excluding hydrogens is 260 g/mol. The second-order valence-corrected chi connectivity index (χ2v) is 9.23. The average molecular weight is 290 g/mol. The van der Waals surface area contributed by atoms with Gasteiger partial charge in [0.15, 0.2) is 0 Å². The quantitative estimate of drug-likeness (QED) is 0.580. The first kappa shape index (κ1) is 17.1. The molecule has 1 aliphatic rings. The predicted molar refractivity (Wildman–Crippen MR) is 78.6 cm³/mol. The van der Waals surface area contributed by atoms with Crippen LogP contribution in [0.5, 0.6) is 0 Å². The number of ether oxygens (including phenoxy) is 2. The van der Waals surface area contributed by atoms with E-state index >= 15 is 0 Å². The maximum atomic E-state index is 6.10. The van der Waals surface area contributed by atoms with Crippen LogP contribution in [0, 0.1) is 5.41 Å². The molecule has 1 aliphatic heterocycles. The molecule has 19 heavy (non-hydrogen) atoms. The van der Waals surface area contributed by atoms with Crippen LogP contribution in [0.25, 0.3) is 0 Å². The lowest BCUT2D eigenvalue weighted by atomic mass is 9.76. The number of rotatable bonds is 10. The molecule has 1 atom stereocenters. The van der Waals surface area contributed by atoms with Crippen LogP contribution in [-0.4, -0.2) is 48.7 Å². The van der Waals surface area contributed by atoms with Crippen molar-refractivity contribution < 1.29 is 18.3 Å². The van der Waals surface area contributed by atoms with Gasteiger partial charge in [-0.3, -0.25) is 0 Å². The van der Waals surface area contributed by atoms with E-state index in [0.29, 0.717) is 0 Å². The molecular formula is C14H30O4Si. The zero-order valence-electron chi connectivity index (χ0n) is 13.2. The van der Waals surface area contributed by atoms with Crippen LogP contribution < -0.4 is 0 Å². The summed E-state index contributed by atoms with van der Waals surface area (Å²) in [5.41, 5.74) is 0.214. The minimum atomic E-state index is -2.00. The molecule has 1 heterocycles. The fraction of sp³-hybridized carbons (Fsp3) is 1.00. The summed E-state index contributed by atoms with van der Waals surface area (Å²) in [7, 11) is 1.50. The van der Waals surface area contributed by atoms with Crippen molar-refractivity contribution in [2.45, 2.75) is 51.8 Å². The topological polar surface area (TPSA) is 36.9 Å². The SMILES string of the molecule is CCCOC(CC[Si](C)(OC)OC)C1(CC)COC1. The molecule has 0 bridgehead atoms. The highest BCUT2D eigenvalue weighted by molar-refractivity contribution is 6.65. The monoisotopic (exact) mass is 290 g/mol. The second-order valence-electron chi connectivity index (χ2n) is 5.65. The highest BCUT2D eigenvalue weighted by Crippen LogP contribution is 2.39. The average Bonchev–Trinajstić information content (AvgIpc) is 2.40. The Labute approximate surface area is 119 Å². The summed E-state index contributed by atoms with van der Waals surface area (Å²) >= 11 is 0. The highest BCUT2D eigenvalue weighted by atomic mass is 28.4. The van der Waals surface area contributed by atoms with E-state index in [0.717, 1.165) is 45.1 Å². The summed E-state index contributed by atoms with van der Waals surface area (Å²) in [6, 6.07) is 0.968. The Bertz CT molecular complexity index is 246. The summed E-state index contributed by atoms with van der Waals surface area (Å²) < 4.78 is 22.7.